The van der Waals surface area contributed by atoms with Gasteiger partial charge in [-0.3, -0.25) is 4.79 Å². The van der Waals surface area contributed by atoms with Crippen molar-refractivity contribution in [1.29, 1.82) is 0 Å². The molecule has 0 heterocycles. The first-order valence-corrected chi connectivity index (χ1v) is 3.19. The Labute approximate surface area is 60.2 Å². The Bertz CT molecular complexity index is 123. The third-order valence-electron chi connectivity index (χ3n) is 1.38. The summed E-state index contributed by atoms with van der Waals surface area (Å²) in [6, 6.07) is 0. The molecule has 10 heavy (non-hydrogen) atoms. The molecule has 60 valence electrons. The molecule has 0 aromatic heterocycles. The van der Waals surface area contributed by atoms with Crippen molar-refractivity contribution >= 4 is 5.97 Å². The van der Waals surface area contributed by atoms with Crippen molar-refractivity contribution < 1.29 is 9.90 Å². The lowest BCUT2D eigenvalue weighted by Gasteiger charge is -2.20. The van der Waals surface area contributed by atoms with Crippen molar-refractivity contribution in [3.8, 4) is 0 Å². The van der Waals surface area contributed by atoms with Crippen LogP contribution in [0.25, 0.3) is 0 Å². The quantitative estimate of drug-likeness (QED) is 0.500. The van der Waals surface area contributed by atoms with Crippen LogP contribution >= 0.6 is 0 Å². The number of carboxylic acids is 1. The molecular weight excluding hydrogens is 132 g/mol. The summed E-state index contributed by atoms with van der Waals surface area (Å²) in [7, 11) is 0. The van der Waals surface area contributed by atoms with Crippen molar-refractivity contribution in [2.24, 2.45) is 11.5 Å². The molecule has 0 amide bonds. The predicted octanol–water partition coefficient (Wildman–Crippen LogP) is -0.473. The van der Waals surface area contributed by atoms with Gasteiger partial charge in [0.2, 0.25) is 0 Å². The number of nitrogens with two attached hydrogens (primary N) is 2. The van der Waals surface area contributed by atoms with E-state index in [1.54, 1.807) is 6.92 Å². The van der Waals surface area contributed by atoms with Gasteiger partial charge in [0, 0.05) is 18.5 Å². The highest BCUT2D eigenvalue weighted by Gasteiger charge is 2.16. The van der Waals surface area contributed by atoms with Crippen LogP contribution in [0.2, 0.25) is 0 Å². The zero-order valence-corrected chi connectivity index (χ0v) is 6.13. The maximum Gasteiger partial charge on any atom is 0.303 e. The van der Waals surface area contributed by atoms with Gasteiger partial charge in [0.05, 0.1) is 0 Å². The minimum atomic E-state index is -0.829. The fraction of sp³-hybridized carbons (Fsp3) is 0.833. The Morgan fingerprint density at radius 2 is 2.20 bits per heavy atom. The number of carboxylic acid groups (broad SMARTS) is 1. The molecule has 0 radical (unpaired) electrons. The lowest BCUT2D eigenvalue weighted by Crippen LogP contribution is -2.44. The van der Waals surface area contributed by atoms with E-state index in [4.69, 9.17) is 16.6 Å². The first-order chi connectivity index (χ1) is 4.48. The van der Waals surface area contributed by atoms with Gasteiger partial charge in [0.15, 0.2) is 0 Å². The highest BCUT2D eigenvalue weighted by Crippen LogP contribution is 2.05. The molecule has 4 nitrogen and oxygen atoms in total. The Morgan fingerprint density at radius 3 is 2.50 bits per heavy atom. The van der Waals surface area contributed by atoms with Crippen LogP contribution in [0, 0.1) is 0 Å². The molecule has 0 spiro atoms. The molecule has 1 atom stereocenters. The highest BCUT2D eigenvalue weighted by molar-refractivity contribution is 5.66. The molecule has 0 aliphatic carbocycles. The zero-order valence-electron chi connectivity index (χ0n) is 6.13. The van der Waals surface area contributed by atoms with Crippen LogP contribution in [0.5, 0.6) is 0 Å². The third kappa shape index (κ3) is 4.29. The topological polar surface area (TPSA) is 89.3 Å². The lowest BCUT2D eigenvalue weighted by atomic mass is 9.98. The Kier molecular flexibility index (Phi) is 3.32. The zero-order chi connectivity index (χ0) is 8.20. The average molecular weight is 146 g/mol. The molecular formula is C6H14N2O2. The second kappa shape index (κ2) is 3.53. The molecule has 1 unspecified atom stereocenters. The Hall–Kier alpha value is -0.610. The van der Waals surface area contributed by atoms with Crippen LogP contribution in [0.4, 0.5) is 0 Å². The maximum atomic E-state index is 10.1. The predicted molar refractivity (Wildman–Crippen MR) is 38.5 cm³/mol. The number of rotatable bonds is 4. The van der Waals surface area contributed by atoms with E-state index in [1.807, 2.05) is 0 Å². The summed E-state index contributed by atoms with van der Waals surface area (Å²) in [5.41, 5.74) is 10.3. The summed E-state index contributed by atoms with van der Waals surface area (Å²) in [4.78, 5) is 10.1. The van der Waals surface area contributed by atoms with Crippen LogP contribution in [-0.2, 0) is 4.79 Å². The van der Waals surface area contributed by atoms with E-state index in [0.717, 1.165) is 0 Å². The van der Waals surface area contributed by atoms with E-state index in [2.05, 4.69) is 0 Å². The van der Waals surface area contributed by atoms with Crippen LogP contribution in [-0.4, -0.2) is 23.2 Å². The van der Waals surface area contributed by atoms with Gasteiger partial charge in [0.25, 0.3) is 0 Å². The number of aliphatic carboxylic acids is 1. The van der Waals surface area contributed by atoms with Crippen molar-refractivity contribution in [2.75, 3.05) is 6.54 Å². The van der Waals surface area contributed by atoms with Crippen LogP contribution in [0.1, 0.15) is 19.8 Å². The smallest absolute Gasteiger partial charge is 0.303 e. The fourth-order valence-electron chi connectivity index (χ4n) is 0.495. The fourth-order valence-corrected chi connectivity index (χ4v) is 0.495. The van der Waals surface area contributed by atoms with Crippen LogP contribution < -0.4 is 11.5 Å². The molecule has 0 fully saturated rings. The molecule has 4 heteroatoms. The standard InChI is InChI=1S/C6H14N2O2/c1-6(8,4-7)3-2-5(9)10/h2-4,7-8H2,1H3,(H,9,10). The van der Waals surface area contributed by atoms with Crippen molar-refractivity contribution in [1.82, 2.24) is 0 Å². The molecule has 0 aromatic rings. The molecule has 0 saturated heterocycles. The van der Waals surface area contributed by atoms with Gasteiger partial charge in [-0.2, -0.15) is 0 Å². The largest absolute Gasteiger partial charge is 0.481 e. The van der Waals surface area contributed by atoms with E-state index in [0.29, 0.717) is 13.0 Å². The molecule has 0 aromatic carbocycles. The molecule has 0 aliphatic rings. The second-order valence-corrected chi connectivity index (χ2v) is 2.75. The molecule has 0 rings (SSSR count). The molecule has 0 aliphatic heterocycles. The first kappa shape index (κ1) is 9.39. The van der Waals surface area contributed by atoms with Gasteiger partial charge < -0.3 is 16.6 Å². The van der Waals surface area contributed by atoms with Gasteiger partial charge in [0.1, 0.15) is 0 Å². The summed E-state index contributed by atoms with van der Waals surface area (Å²) in [6.07, 6.45) is 0.517. The maximum absolute atomic E-state index is 10.1. The summed E-state index contributed by atoms with van der Waals surface area (Å²) in [5.74, 6) is -0.829. The number of hydrogen-bond acceptors (Lipinski definition) is 3. The first-order valence-electron chi connectivity index (χ1n) is 3.19. The van der Waals surface area contributed by atoms with Crippen molar-refractivity contribution in [3.63, 3.8) is 0 Å². The Balaban J connectivity index is 3.56. The van der Waals surface area contributed by atoms with E-state index in [1.165, 1.54) is 0 Å². The minimum Gasteiger partial charge on any atom is -0.481 e. The van der Waals surface area contributed by atoms with Gasteiger partial charge in [-0.15, -0.1) is 0 Å². The highest BCUT2D eigenvalue weighted by atomic mass is 16.4. The molecule has 0 saturated carbocycles. The number of carbonyl (C=O) groups is 1. The minimum absolute atomic E-state index is 0.0875. The van der Waals surface area contributed by atoms with E-state index >= 15 is 0 Å². The van der Waals surface area contributed by atoms with Crippen LogP contribution in [0.3, 0.4) is 0 Å². The Morgan fingerprint density at radius 1 is 1.70 bits per heavy atom. The number of hydrogen-bond donors (Lipinski definition) is 3. The SMILES string of the molecule is CC(N)(CN)CCC(=O)O. The van der Waals surface area contributed by atoms with E-state index in [-0.39, 0.29) is 6.42 Å². The lowest BCUT2D eigenvalue weighted by molar-refractivity contribution is -0.137. The van der Waals surface area contributed by atoms with Crippen molar-refractivity contribution in [2.45, 2.75) is 25.3 Å². The van der Waals surface area contributed by atoms with Gasteiger partial charge in [-0.05, 0) is 13.3 Å². The monoisotopic (exact) mass is 146 g/mol. The van der Waals surface area contributed by atoms with E-state index in [9.17, 15) is 4.79 Å². The van der Waals surface area contributed by atoms with Crippen LogP contribution in [0.15, 0.2) is 0 Å². The summed E-state index contributed by atoms with van der Waals surface area (Å²) >= 11 is 0. The molecule has 5 N–H and O–H groups in total. The molecule has 0 bridgehead atoms. The normalized spacial score (nSPS) is 16.3. The summed E-state index contributed by atoms with van der Waals surface area (Å²) in [6.45, 7) is 2.07. The van der Waals surface area contributed by atoms with Crippen molar-refractivity contribution in [3.05, 3.63) is 0 Å². The third-order valence-corrected chi connectivity index (χ3v) is 1.38. The van der Waals surface area contributed by atoms with Gasteiger partial charge in [-0.1, -0.05) is 0 Å². The average Bonchev–Trinajstić information content (AvgIpc) is 1.85. The second-order valence-electron chi connectivity index (χ2n) is 2.75. The summed E-state index contributed by atoms with van der Waals surface area (Å²) < 4.78 is 0. The van der Waals surface area contributed by atoms with Gasteiger partial charge >= 0.3 is 5.97 Å². The summed E-state index contributed by atoms with van der Waals surface area (Å²) in [5, 5.41) is 8.28. The van der Waals surface area contributed by atoms with E-state index < -0.39 is 11.5 Å². The van der Waals surface area contributed by atoms with Gasteiger partial charge in [-0.25, -0.2) is 0 Å².